The van der Waals surface area contributed by atoms with Gasteiger partial charge in [0.1, 0.15) is 0 Å². The first kappa shape index (κ1) is 24.5. The standard InChI is InChI=1S/C23H21ClF3N3O3S/c24-18-6-8-21(20(14-18)23(25,26)27)28-22(31)15-29-9-11-30(12-10-29)34(32,33)19-7-5-16-3-1-2-4-17(16)13-19/h1-8,13-14H,9-12,15H2,(H,28,31)/p+1. The highest BCUT2D eigenvalue weighted by atomic mass is 35.5. The quantitative estimate of drug-likeness (QED) is 0.552. The summed E-state index contributed by atoms with van der Waals surface area (Å²) < 4.78 is 67.3. The van der Waals surface area contributed by atoms with Gasteiger partial charge in [-0.2, -0.15) is 17.5 Å². The van der Waals surface area contributed by atoms with Crippen molar-refractivity contribution in [3.8, 4) is 0 Å². The first-order chi connectivity index (χ1) is 16.0. The van der Waals surface area contributed by atoms with Crippen LogP contribution in [0.1, 0.15) is 5.56 Å². The number of hydrogen-bond acceptors (Lipinski definition) is 3. The molecule has 4 rings (SSSR count). The summed E-state index contributed by atoms with van der Waals surface area (Å²) in [5.74, 6) is -0.589. The van der Waals surface area contributed by atoms with Gasteiger partial charge in [0.05, 0.1) is 42.3 Å². The van der Waals surface area contributed by atoms with E-state index in [-0.39, 0.29) is 35.2 Å². The summed E-state index contributed by atoms with van der Waals surface area (Å²) in [6, 6.07) is 15.6. The summed E-state index contributed by atoms with van der Waals surface area (Å²) in [7, 11) is -3.70. The molecule has 1 amide bonds. The molecule has 1 aliphatic heterocycles. The highest BCUT2D eigenvalue weighted by Crippen LogP contribution is 2.36. The van der Waals surface area contributed by atoms with Crippen molar-refractivity contribution < 1.29 is 31.3 Å². The zero-order valence-electron chi connectivity index (χ0n) is 17.9. The van der Waals surface area contributed by atoms with Crippen LogP contribution in [0.5, 0.6) is 0 Å². The number of carbonyl (C=O) groups is 1. The van der Waals surface area contributed by atoms with Gasteiger partial charge in [0.15, 0.2) is 6.54 Å². The highest BCUT2D eigenvalue weighted by Gasteiger charge is 2.35. The van der Waals surface area contributed by atoms with Gasteiger partial charge in [0, 0.05) is 5.02 Å². The van der Waals surface area contributed by atoms with Gasteiger partial charge in [-0.25, -0.2) is 8.42 Å². The minimum absolute atomic E-state index is 0.0796. The van der Waals surface area contributed by atoms with Gasteiger partial charge in [0.25, 0.3) is 5.91 Å². The third kappa shape index (κ3) is 5.35. The van der Waals surface area contributed by atoms with Crippen molar-refractivity contribution in [3.05, 3.63) is 71.2 Å². The molecule has 1 fully saturated rings. The molecule has 3 aromatic rings. The summed E-state index contributed by atoms with van der Waals surface area (Å²) >= 11 is 5.67. The van der Waals surface area contributed by atoms with Crippen molar-refractivity contribution >= 4 is 44.0 Å². The lowest BCUT2D eigenvalue weighted by Gasteiger charge is -2.31. The zero-order valence-corrected chi connectivity index (χ0v) is 19.5. The van der Waals surface area contributed by atoms with Crippen LogP contribution in [0.3, 0.4) is 0 Å². The minimum Gasteiger partial charge on any atom is -0.325 e. The van der Waals surface area contributed by atoms with Gasteiger partial charge in [-0.3, -0.25) is 4.79 Å². The molecular formula is C23H22ClF3N3O3S+. The number of halogens is 4. The molecule has 2 N–H and O–H groups in total. The number of nitrogens with zero attached hydrogens (tertiary/aromatic N) is 1. The predicted octanol–water partition coefficient (Wildman–Crippen LogP) is 3.04. The molecule has 6 nitrogen and oxygen atoms in total. The van der Waals surface area contributed by atoms with Crippen LogP contribution in [-0.4, -0.2) is 51.4 Å². The summed E-state index contributed by atoms with van der Waals surface area (Å²) in [5, 5.41) is 3.99. The van der Waals surface area contributed by atoms with Crippen molar-refractivity contribution in [2.75, 3.05) is 38.0 Å². The van der Waals surface area contributed by atoms with Crippen LogP contribution in [0.15, 0.2) is 65.6 Å². The summed E-state index contributed by atoms with van der Waals surface area (Å²) in [5.41, 5.74) is -1.38. The average Bonchev–Trinajstić information content (AvgIpc) is 2.79. The molecule has 0 bridgehead atoms. The van der Waals surface area contributed by atoms with Gasteiger partial charge in [-0.05, 0) is 41.1 Å². The van der Waals surface area contributed by atoms with Crippen LogP contribution in [0.25, 0.3) is 10.8 Å². The van der Waals surface area contributed by atoms with E-state index in [2.05, 4.69) is 5.32 Å². The van der Waals surface area contributed by atoms with Crippen molar-refractivity contribution in [1.82, 2.24) is 4.31 Å². The number of hydrogen-bond donors (Lipinski definition) is 2. The Labute approximate surface area is 200 Å². The second-order valence-corrected chi connectivity index (χ2v) is 10.5. The van der Waals surface area contributed by atoms with Crippen LogP contribution in [0.2, 0.25) is 5.02 Å². The number of quaternary nitrogens is 1. The van der Waals surface area contributed by atoms with Crippen molar-refractivity contribution in [1.29, 1.82) is 0 Å². The van der Waals surface area contributed by atoms with Crippen LogP contribution in [-0.2, 0) is 21.0 Å². The largest absolute Gasteiger partial charge is 0.418 e. The van der Waals surface area contributed by atoms with Gasteiger partial charge in [-0.15, -0.1) is 0 Å². The SMILES string of the molecule is O=C(C[NH+]1CCN(S(=O)(=O)c2ccc3ccccc3c2)CC1)Nc1ccc(Cl)cc1C(F)(F)F. The summed E-state index contributed by atoms with van der Waals surface area (Å²) in [6.07, 6.45) is -4.66. The van der Waals surface area contributed by atoms with Crippen molar-refractivity contribution in [2.24, 2.45) is 0 Å². The number of benzene rings is 3. The molecule has 0 aromatic heterocycles. The van der Waals surface area contributed by atoms with E-state index in [0.717, 1.165) is 27.8 Å². The minimum atomic E-state index is -4.66. The van der Waals surface area contributed by atoms with E-state index in [1.54, 1.807) is 18.2 Å². The Morgan fingerprint density at radius 3 is 2.35 bits per heavy atom. The highest BCUT2D eigenvalue weighted by molar-refractivity contribution is 7.89. The fourth-order valence-corrected chi connectivity index (χ4v) is 5.63. The molecule has 34 heavy (non-hydrogen) atoms. The zero-order chi connectivity index (χ0) is 24.5. The van der Waals surface area contributed by atoms with Crippen molar-refractivity contribution in [2.45, 2.75) is 11.1 Å². The van der Waals surface area contributed by atoms with Crippen LogP contribution >= 0.6 is 11.6 Å². The Bertz CT molecular complexity index is 1320. The Morgan fingerprint density at radius 1 is 1.00 bits per heavy atom. The maximum atomic E-state index is 13.2. The molecule has 180 valence electrons. The molecule has 0 aliphatic carbocycles. The fraction of sp³-hybridized carbons (Fsp3) is 0.261. The van der Waals surface area contributed by atoms with E-state index < -0.39 is 27.7 Å². The van der Waals surface area contributed by atoms with Gasteiger partial charge < -0.3 is 10.2 Å². The molecule has 1 aliphatic rings. The molecule has 0 saturated carbocycles. The molecule has 3 aromatic carbocycles. The molecule has 0 unspecified atom stereocenters. The van der Waals surface area contributed by atoms with E-state index >= 15 is 0 Å². The number of nitrogens with one attached hydrogen (secondary N) is 2. The van der Waals surface area contributed by atoms with E-state index in [1.165, 1.54) is 10.4 Å². The van der Waals surface area contributed by atoms with Gasteiger partial charge in [-0.1, -0.05) is 41.9 Å². The Morgan fingerprint density at radius 2 is 1.68 bits per heavy atom. The van der Waals surface area contributed by atoms with E-state index in [1.807, 2.05) is 24.3 Å². The lowest BCUT2D eigenvalue weighted by Crippen LogP contribution is -3.15. The maximum Gasteiger partial charge on any atom is 0.418 e. The fourth-order valence-electron chi connectivity index (χ4n) is 3.98. The first-order valence-corrected chi connectivity index (χ1v) is 12.3. The maximum absolute atomic E-state index is 13.2. The number of anilines is 1. The van der Waals surface area contributed by atoms with Crippen molar-refractivity contribution in [3.63, 3.8) is 0 Å². The van der Waals surface area contributed by atoms with E-state index in [9.17, 15) is 26.4 Å². The monoisotopic (exact) mass is 512 g/mol. The lowest BCUT2D eigenvalue weighted by atomic mass is 10.1. The number of carbonyl (C=O) groups excluding carboxylic acids is 1. The second-order valence-electron chi connectivity index (χ2n) is 8.08. The molecular weight excluding hydrogens is 491 g/mol. The molecule has 0 atom stereocenters. The molecule has 0 spiro atoms. The summed E-state index contributed by atoms with van der Waals surface area (Å²) in [6.45, 7) is 1.03. The van der Waals surface area contributed by atoms with Crippen LogP contribution in [0, 0.1) is 0 Å². The molecule has 0 radical (unpaired) electrons. The number of piperazine rings is 1. The first-order valence-electron chi connectivity index (χ1n) is 10.5. The third-order valence-electron chi connectivity index (χ3n) is 5.76. The number of rotatable bonds is 5. The number of amides is 1. The summed E-state index contributed by atoms with van der Waals surface area (Å²) in [4.78, 5) is 13.4. The average molecular weight is 513 g/mol. The van der Waals surface area contributed by atoms with Gasteiger partial charge in [0.2, 0.25) is 10.0 Å². The number of alkyl halides is 3. The molecule has 1 saturated heterocycles. The third-order valence-corrected chi connectivity index (χ3v) is 7.89. The van der Waals surface area contributed by atoms with Gasteiger partial charge >= 0.3 is 6.18 Å². The molecule has 1 heterocycles. The Balaban J connectivity index is 1.38. The van der Waals surface area contributed by atoms with Crippen LogP contribution < -0.4 is 10.2 Å². The Hall–Kier alpha value is -2.66. The lowest BCUT2D eigenvalue weighted by molar-refractivity contribution is -0.895. The van der Waals surface area contributed by atoms with Crippen LogP contribution in [0.4, 0.5) is 18.9 Å². The van der Waals surface area contributed by atoms with E-state index in [0.29, 0.717) is 13.1 Å². The predicted molar refractivity (Wildman–Crippen MR) is 123 cm³/mol. The normalized spacial score (nSPS) is 16.0. The Kier molecular flexibility index (Phi) is 6.86. The van der Waals surface area contributed by atoms with E-state index in [4.69, 9.17) is 11.6 Å². The number of fused-ring (bicyclic) bond motifs is 1. The molecule has 11 heteroatoms. The topological polar surface area (TPSA) is 70.9 Å². The number of sulfonamides is 1. The smallest absolute Gasteiger partial charge is 0.325 e. The second kappa shape index (κ2) is 9.53.